The molecule has 0 aromatic heterocycles. The smallest absolute Gasteiger partial charge is 0.303 e. The van der Waals surface area contributed by atoms with E-state index in [0.29, 0.717) is 18.1 Å². The van der Waals surface area contributed by atoms with Crippen molar-refractivity contribution in [2.24, 2.45) is 4.99 Å². The van der Waals surface area contributed by atoms with Crippen LogP contribution in [0.1, 0.15) is 27.2 Å². The van der Waals surface area contributed by atoms with Crippen LogP contribution < -0.4 is 5.32 Å². The van der Waals surface area contributed by atoms with Crippen LogP contribution in [0.3, 0.4) is 0 Å². The first kappa shape index (κ1) is 21.5. The maximum atomic E-state index is 11.6. The SMILES string of the molecule is CC(=O)OC[C@H]1O[C@@H]2SC(=NCCCO)N[C@@H]2[C@@H](OC(C)=O)[C@@H]1OC(C)=O. The highest BCUT2D eigenvalue weighted by Crippen LogP contribution is 2.36. The molecule has 11 heteroatoms. The minimum Gasteiger partial charge on any atom is -0.463 e. The van der Waals surface area contributed by atoms with Crippen LogP contribution in [0.25, 0.3) is 0 Å². The third-order valence-electron chi connectivity index (χ3n) is 3.79. The number of hydrogen-bond donors (Lipinski definition) is 2. The van der Waals surface area contributed by atoms with Crippen LogP contribution in [0.5, 0.6) is 0 Å². The van der Waals surface area contributed by atoms with Gasteiger partial charge in [0.05, 0.1) is 0 Å². The molecule has 0 aliphatic carbocycles. The maximum Gasteiger partial charge on any atom is 0.303 e. The Hall–Kier alpha value is -1.85. The van der Waals surface area contributed by atoms with Crippen LogP contribution in [0.2, 0.25) is 0 Å². The summed E-state index contributed by atoms with van der Waals surface area (Å²) < 4.78 is 21.7. The molecule has 10 nitrogen and oxygen atoms in total. The second kappa shape index (κ2) is 9.90. The van der Waals surface area contributed by atoms with E-state index in [2.05, 4.69) is 10.3 Å². The summed E-state index contributed by atoms with van der Waals surface area (Å²) in [5.74, 6) is -1.62. The number of aliphatic hydroxyl groups excluding tert-OH is 1. The van der Waals surface area contributed by atoms with Crippen molar-refractivity contribution in [1.29, 1.82) is 0 Å². The molecule has 152 valence electrons. The highest BCUT2D eigenvalue weighted by atomic mass is 32.2. The largest absolute Gasteiger partial charge is 0.463 e. The number of rotatable bonds is 7. The minimum absolute atomic E-state index is 0.0276. The van der Waals surface area contributed by atoms with E-state index in [4.69, 9.17) is 24.1 Å². The van der Waals surface area contributed by atoms with Crippen molar-refractivity contribution in [3.05, 3.63) is 0 Å². The van der Waals surface area contributed by atoms with Crippen molar-refractivity contribution in [2.45, 2.75) is 57.0 Å². The van der Waals surface area contributed by atoms with Crippen LogP contribution in [0.15, 0.2) is 4.99 Å². The normalized spacial score (nSPS) is 31.0. The summed E-state index contributed by atoms with van der Waals surface area (Å²) in [6.07, 6.45) is -2.07. The Morgan fingerprint density at radius 2 is 1.81 bits per heavy atom. The molecule has 0 unspecified atom stereocenters. The zero-order valence-electron chi connectivity index (χ0n) is 15.4. The van der Waals surface area contributed by atoms with Crippen LogP contribution in [-0.2, 0) is 33.3 Å². The number of carbonyl (C=O) groups is 3. The molecule has 0 radical (unpaired) electrons. The number of fused-ring (bicyclic) bond motifs is 1. The molecule has 0 amide bonds. The molecule has 0 aromatic rings. The van der Waals surface area contributed by atoms with Gasteiger partial charge in [-0.25, -0.2) is 0 Å². The summed E-state index contributed by atoms with van der Waals surface area (Å²) in [5, 5.41) is 12.6. The zero-order valence-corrected chi connectivity index (χ0v) is 16.2. The van der Waals surface area contributed by atoms with Crippen molar-refractivity contribution >= 4 is 34.8 Å². The lowest BCUT2D eigenvalue weighted by Crippen LogP contribution is -2.62. The van der Waals surface area contributed by atoms with Crippen molar-refractivity contribution in [1.82, 2.24) is 5.32 Å². The number of hydrogen-bond acceptors (Lipinski definition) is 10. The van der Waals surface area contributed by atoms with Gasteiger partial charge < -0.3 is 29.4 Å². The molecule has 2 N–H and O–H groups in total. The molecule has 2 heterocycles. The van der Waals surface area contributed by atoms with Gasteiger partial charge in [-0.2, -0.15) is 0 Å². The summed E-state index contributed by atoms with van der Waals surface area (Å²) >= 11 is 1.30. The number of aliphatic hydroxyl groups is 1. The van der Waals surface area contributed by atoms with Gasteiger partial charge in [-0.1, -0.05) is 11.8 Å². The lowest BCUT2D eigenvalue weighted by atomic mass is 9.97. The van der Waals surface area contributed by atoms with Crippen molar-refractivity contribution < 1.29 is 38.4 Å². The van der Waals surface area contributed by atoms with E-state index < -0.39 is 47.7 Å². The van der Waals surface area contributed by atoms with Gasteiger partial charge in [0, 0.05) is 33.9 Å². The van der Waals surface area contributed by atoms with Crippen LogP contribution in [0, 0.1) is 0 Å². The second-order valence-corrected chi connectivity index (χ2v) is 7.13. The first-order valence-electron chi connectivity index (χ1n) is 8.53. The van der Waals surface area contributed by atoms with Crippen LogP contribution in [0.4, 0.5) is 0 Å². The Balaban J connectivity index is 2.23. The summed E-state index contributed by atoms with van der Waals surface area (Å²) in [7, 11) is 0. The summed E-state index contributed by atoms with van der Waals surface area (Å²) in [5.41, 5.74) is -0.477. The first-order chi connectivity index (χ1) is 12.8. The molecule has 0 spiro atoms. The molecule has 2 aliphatic heterocycles. The Bertz CT molecular complexity index is 599. The lowest BCUT2D eigenvalue weighted by molar-refractivity contribution is -0.209. The monoisotopic (exact) mass is 404 g/mol. The van der Waals surface area contributed by atoms with Crippen molar-refractivity contribution in [3.63, 3.8) is 0 Å². The van der Waals surface area contributed by atoms with Gasteiger partial charge in [-0.3, -0.25) is 19.4 Å². The van der Waals surface area contributed by atoms with Gasteiger partial charge >= 0.3 is 17.9 Å². The highest BCUT2D eigenvalue weighted by molar-refractivity contribution is 8.14. The Kier molecular flexibility index (Phi) is 7.87. The summed E-state index contributed by atoms with van der Waals surface area (Å²) in [4.78, 5) is 38.7. The molecule has 2 aliphatic rings. The van der Waals surface area contributed by atoms with Gasteiger partial charge in [0.2, 0.25) is 0 Å². The molecule has 2 rings (SSSR count). The van der Waals surface area contributed by atoms with Crippen LogP contribution >= 0.6 is 11.8 Å². The third-order valence-corrected chi connectivity index (χ3v) is 4.90. The quantitative estimate of drug-likeness (QED) is 0.327. The molecule has 0 saturated carbocycles. The number of amidine groups is 1. The van der Waals surface area contributed by atoms with Crippen molar-refractivity contribution in [2.75, 3.05) is 19.8 Å². The summed E-state index contributed by atoms with van der Waals surface area (Å²) in [6.45, 7) is 4.06. The average molecular weight is 404 g/mol. The third kappa shape index (κ3) is 6.08. The Morgan fingerprint density at radius 3 is 2.41 bits per heavy atom. The lowest BCUT2D eigenvalue weighted by Gasteiger charge is -2.41. The van der Waals surface area contributed by atoms with Gasteiger partial charge in [0.1, 0.15) is 24.2 Å². The molecule has 27 heavy (non-hydrogen) atoms. The molecule has 2 saturated heterocycles. The number of ether oxygens (including phenoxy) is 4. The Morgan fingerprint density at radius 1 is 1.15 bits per heavy atom. The van der Waals surface area contributed by atoms with E-state index in [0.717, 1.165) is 0 Å². The molecule has 5 atom stereocenters. The standard InChI is InChI=1S/C16H24N2O8S/c1-8(20)23-7-11-13(24-9(2)21)14(25-10(3)22)12-15(26-11)27-16(18-12)17-5-4-6-19/h11-15,19H,4-7H2,1-3H3,(H,17,18)/t11-,12-,13-,14-,15-/m1/s1. The van der Waals surface area contributed by atoms with E-state index in [1.54, 1.807) is 0 Å². The fourth-order valence-electron chi connectivity index (χ4n) is 2.78. The Labute approximate surface area is 161 Å². The van der Waals surface area contributed by atoms with Gasteiger partial charge in [-0.15, -0.1) is 0 Å². The van der Waals surface area contributed by atoms with Gasteiger partial charge in [0.15, 0.2) is 17.4 Å². The second-order valence-electron chi connectivity index (χ2n) is 6.05. The van der Waals surface area contributed by atoms with Crippen LogP contribution in [-0.4, -0.2) is 77.7 Å². The van der Waals surface area contributed by atoms with Crippen molar-refractivity contribution in [3.8, 4) is 0 Å². The van der Waals surface area contributed by atoms with Gasteiger partial charge in [0.25, 0.3) is 0 Å². The van der Waals surface area contributed by atoms with E-state index in [-0.39, 0.29) is 13.2 Å². The van der Waals surface area contributed by atoms with E-state index in [1.807, 2.05) is 0 Å². The minimum atomic E-state index is -0.947. The molecule has 0 aromatic carbocycles. The average Bonchev–Trinajstić information content (AvgIpc) is 2.97. The van der Waals surface area contributed by atoms with E-state index >= 15 is 0 Å². The highest BCUT2D eigenvalue weighted by Gasteiger charge is 2.53. The summed E-state index contributed by atoms with van der Waals surface area (Å²) in [6, 6.07) is -0.496. The number of aliphatic imine (C=N–C) groups is 1. The first-order valence-corrected chi connectivity index (χ1v) is 9.41. The van der Waals surface area contributed by atoms with E-state index in [9.17, 15) is 14.4 Å². The molecule has 2 fully saturated rings. The number of carbonyl (C=O) groups excluding carboxylic acids is 3. The maximum absolute atomic E-state index is 11.6. The number of esters is 3. The molecule has 0 bridgehead atoms. The van der Waals surface area contributed by atoms with E-state index in [1.165, 1.54) is 32.5 Å². The molecular formula is C16H24N2O8S. The van der Waals surface area contributed by atoms with Gasteiger partial charge in [-0.05, 0) is 6.42 Å². The predicted molar refractivity (Wildman–Crippen MR) is 94.9 cm³/mol. The fraction of sp³-hybridized carbons (Fsp3) is 0.750. The number of nitrogens with one attached hydrogen (secondary N) is 1. The fourth-order valence-corrected chi connectivity index (χ4v) is 3.94. The zero-order chi connectivity index (χ0) is 20.0. The molecular weight excluding hydrogens is 380 g/mol. The topological polar surface area (TPSA) is 133 Å². The number of thioether (sulfide) groups is 1. The predicted octanol–water partition coefficient (Wildman–Crippen LogP) is -0.419. The number of nitrogens with zero attached hydrogens (tertiary/aromatic N) is 1.